The lowest BCUT2D eigenvalue weighted by Gasteiger charge is -2.25. The van der Waals surface area contributed by atoms with Crippen molar-refractivity contribution in [2.75, 3.05) is 0 Å². The van der Waals surface area contributed by atoms with E-state index in [-0.39, 0.29) is 24.0 Å². The molecule has 0 aliphatic heterocycles. The van der Waals surface area contributed by atoms with Crippen molar-refractivity contribution in [3.63, 3.8) is 0 Å². The molecule has 8 heteroatoms. The summed E-state index contributed by atoms with van der Waals surface area (Å²) in [5.74, 6) is -7.23. The monoisotopic (exact) mass is 398 g/mol. The number of hydrogen-bond acceptors (Lipinski definition) is 7. The van der Waals surface area contributed by atoms with Crippen molar-refractivity contribution in [3.05, 3.63) is 83.5 Å². The van der Waals surface area contributed by atoms with E-state index in [1.807, 2.05) is 0 Å². The van der Waals surface area contributed by atoms with Crippen molar-refractivity contribution in [2.45, 2.75) is 24.4 Å². The molecule has 0 fully saturated rings. The van der Waals surface area contributed by atoms with E-state index in [4.69, 9.17) is 9.47 Å². The van der Waals surface area contributed by atoms with Gasteiger partial charge in [0.05, 0.1) is 16.7 Å². The number of esters is 2. The summed E-state index contributed by atoms with van der Waals surface area (Å²) in [5.41, 5.74) is -1.02. The predicted molar refractivity (Wildman–Crippen MR) is 99.9 cm³/mol. The Morgan fingerprint density at radius 3 is 1.83 bits per heavy atom. The second-order valence-electron chi connectivity index (χ2n) is 6.52. The van der Waals surface area contributed by atoms with E-state index < -0.39 is 35.0 Å². The van der Waals surface area contributed by atoms with Crippen molar-refractivity contribution in [3.8, 4) is 0 Å². The SMILES string of the molecule is O=C(OC1(O)C=CC=CC1)c1ccc(C(=O)OC2(O)C=CC=CC2)c(C(=O)O)c1. The van der Waals surface area contributed by atoms with Crippen molar-refractivity contribution in [2.24, 2.45) is 0 Å². The average Bonchev–Trinajstić information content (AvgIpc) is 2.67. The maximum absolute atomic E-state index is 12.4. The van der Waals surface area contributed by atoms with Crippen LogP contribution in [0.2, 0.25) is 0 Å². The molecule has 1 aromatic carbocycles. The fourth-order valence-electron chi connectivity index (χ4n) is 2.79. The fourth-order valence-corrected chi connectivity index (χ4v) is 2.79. The smallest absolute Gasteiger partial charge is 0.341 e. The summed E-state index contributed by atoms with van der Waals surface area (Å²) in [5, 5.41) is 29.9. The second kappa shape index (κ2) is 7.86. The third-order valence-corrected chi connectivity index (χ3v) is 4.27. The third-order valence-electron chi connectivity index (χ3n) is 4.27. The average molecular weight is 398 g/mol. The molecule has 0 aromatic heterocycles. The molecule has 0 bridgehead atoms. The molecule has 0 heterocycles. The van der Waals surface area contributed by atoms with Gasteiger partial charge >= 0.3 is 17.9 Å². The highest BCUT2D eigenvalue weighted by Crippen LogP contribution is 2.24. The van der Waals surface area contributed by atoms with Gasteiger partial charge in [-0.2, -0.15) is 0 Å². The molecule has 3 N–H and O–H groups in total. The van der Waals surface area contributed by atoms with Gasteiger partial charge in [0.2, 0.25) is 11.6 Å². The Kier molecular flexibility index (Phi) is 5.49. The van der Waals surface area contributed by atoms with Crippen LogP contribution < -0.4 is 0 Å². The molecule has 2 unspecified atom stereocenters. The lowest BCUT2D eigenvalue weighted by atomic mass is 10.0. The number of carbonyl (C=O) groups excluding carboxylic acids is 2. The first-order valence-corrected chi connectivity index (χ1v) is 8.69. The van der Waals surface area contributed by atoms with E-state index in [1.54, 1.807) is 24.3 Å². The van der Waals surface area contributed by atoms with Gasteiger partial charge in [-0.05, 0) is 30.4 Å². The van der Waals surface area contributed by atoms with Gasteiger partial charge in [-0.1, -0.05) is 36.5 Å². The van der Waals surface area contributed by atoms with E-state index in [2.05, 4.69) is 0 Å². The summed E-state index contributed by atoms with van der Waals surface area (Å²) < 4.78 is 10.1. The van der Waals surface area contributed by atoms with Crippen LogP contribution in [0.25, 0.3) is 0 Å². The number of carboxylic acid groups (broad SMARTS) is 1. The van der Waals surface area contributed by atoms with Crippen LogP contribution in [0.5, 0.6) is 0 Å². The minimum atomic E-state index is -1.89. The first-order chi connectivity index (χ1) is 13.7. The summed E-state index contributed by atoms with van der Waals surface area (Å²) in [6, 6.07) is 3.22. The first kappa shape index (κ1) is 20.2. The predicted octanol–water partition coefficient (Wildman–Crippen LogP) is 2.11. The molecule has 2 aliphatic carbocycles. The number of rotatable bonds is 5. The van der Waals surface area contributed by atoms with Gasteiger partial charge in [0.15, 0.2) is 0 Å². The molecule has 8 nitrogen and oxygen atoms in total. The molecule has 29 heavy (non-hydrogen) atoms. The van der Waals surface area contributed by atoms with E-state index in [0.29, 0.717) is 0 Å². The van der Waals surface area contributed by atoms with E-state index in [9.17, 15) is 29.7 Å². The van der Waals surface area contributed by atoms with Crippen LogP contribution in [0, 0.1) is 0 Å². The summed E-state index contributed by atoms with van der Waals surface area (Å²) in [4.78, 5) is 36.4. The molecule has 0 saturated carbocycles. The zero-order chi connectivity index (χ0) is 21.1. The molecule has 3 rings (SSSR count). The minimum absolute atomic E-state index is 0.0165. The lowest BCUT2D eigenvalue weighted by molar-refractivity contribution is -0.127. The molecular weight excluding hydrogens is 380 g/mol. The van der Waals surface area contributed by atoms with Crippen LogP contribution in [-0.2, 0) is 9.47 Å². The van der Waals surface area contributed by atoms with Crippen molar-refractivity contribution in [1.82, 2.24) is 0 Å². The Labute approximate surface area is 165 Å². The summed E-state index contributed by atoms with van der Waals surface area (Å²) in [6.07, 6.45) is 12.2. The number of aliphatic hydroxyl groups is 2. The number of carboxylic acids is 1. The van der Waals surface area contributed by atoms with Crippen LogP contribution in [-0.4, -0.2) is 44.8 Å². The molecular formula is C21H18O8. The quantitative estimate of drug-likeness (QED) is 0.508. The van der Waals surface area contributed by atoms with Crippen LogP contribution in [0.1, 0.15) is 43.9 Å². The van der Waals surface area contributed by atoms with Crippen LogP contribution in [0.15, 0.2) is 66.8 Å². The maximum Gasteiger partial charge on any atom is 0.341 e. The normalized spacial score (nSPS) is 24.9. The minimum Gasteiger partial charge on any atom is -0.478 e. The molecule has 2 atom stereocenters. The summed E-state index contributed by atoms with van der Waals surface area (Å²) in [7, 11) is 0. The Morgan fingerprint density at radius 2 is 1.34 bits per heavy atom. The number of allylic oxidation sites excluding steroid dienone is 4. The number of ether oxygens (including phenoxy) is 2. The lowest BCUT2D eigenvalue weighted by Crippen LogP contribution is -2.34. The van der Waals surface area contributed by atoms with Gasteiger partial charge in [0.1, 0.15) is 0 Å². The van der Waals surface area contributed by atoms with Gasteiger partial charge in [0, 0.05) is 12.8 Å². The van der Waals surface area contributed by atoms with Crippen LogP contribution in [0.3, 0.4) is 0 Å². The first-order valence-electron chi connectivity index (χ1n) is 8.69. The molecule has 150 valence electrons. The molecule has 0 radical (unpaired) electrons. The second-order valence-corrected chi connectivity index (χ2v) is 6.52. The van der Waals surface area contributed by atoms with Gasteiger partial charge < -0.3 is 24.8 Å². The number of benzene rings is 1. The topological polar surface area (TPSA) is 130 Å². The largest absolute Gasteiger partial charge is 0.478 e. The van der Waals surface area contributed by atoms with Gasteiger partial charge in [-0.15, -0.1) is 0 Å². The molecule has 0 saturated heterocycles. The Balaban J connectivity index is 1.82. The van der Waals surface area contributed by atoms with Crippen LogP contribution in [0.4, 0.5) is 0 Å². The van der Waals surface area contributed by atoms with Crippen molar-refractivity contribution < 1.29 is 39.2 Å². The highest BCUT2D eigenvalue weighted by molar-refractivity contribution is 6.04. The molecule has 1 aromatic rings. The fraction of sp³-hybridized carbons (Fsp3) is 0.190. The van der Waals surface area contributed by atoms with Gasteiger partial charge in [-0.25, -0.2) is 14.4 Å². The standard InChI is InChI=1S/C21H18O8/c22-17(23)16-13-14(18(24)28-20(26)9-3-1-4-10-20)7-8-15(16)19(25)29-21(27)11-5-2-6-12-21/h1-9,11,13,26-27H,10,12H2,(H,22,23). The number of hydrogen-bond donors (Lipinski definition) is 3. The highest BCUT2D eigenvalue weighted by atomic mass is 16.7. The maximum atomic E-state index is 12.4. The van der Waals surface area contributed by atoms with Gasteiger partial charge in [0.25, 0.3) is 0 Å². The summed E-state index contributed by atoms with van der Waals surface area (Å²) >= 11 is 0. The van der Waals surface area contributed by atoms with Crippen molar-refractivity contribution in [1.29, 1.82) is 0 Å². The zero-order valence-corrected chi connectivity index (χ0v) is 15.1. The summed E-state index contributed by atoms with van der Waals surface area (Å²) in [6.45, 7) is 0. The highest BCUT2D eigenvalue weighted by Gasteiger charge is 2.32. The number of carbonyl (C=O) groups is 3. The Hall–Kier alpha value is -3.49. The van der Waals surface area contributed by atoms with Crippen molar-refractivity contribution >= 4 is 17.9 Å². The Bertz CT molecular complexity index is 971. The van der Waals surface area contributed by atoms with Gasteiger partial charge in [-0.3, -0.25) is 0 Å². The molecule has 0 spiro atoms. The Morgan fingerprint density at radius 1 is 0.793 bits per heavy atom. The molecule has 0 amide bonds. The van der Waals surface area contributed by atoms with E-state index >= 15 is 0 Å². The third kappa shape index (κ3) is 4.68. The molecule has 2 aliphatic rings. The zero-order valence-electron chi connectivity index (χ0n) is 15.1. The number of aromatic carboxylic acids is 1. The van der Waals surface area contributed by atoms with E-state index in [0.717, 1.165) is 12.1 Å². The van der Waals surface area contributed by atoms with E-state index in [1.165, 1.54) is 30.4 Å². The van der Waals surface area contributed by atoms with Crippen LogP contribution >= 0.6 is 0 Å².